The Morgan fingerprint density at radius 3 is 2.08 bits per heavy atom. The molecule has 0 saturated heterocycles. The van der Waals surface area contributed by atoms with Gasteiger partial charge < -0.3 is 29.2 Å². The van der Waals surface area contributed by atoms with Crippen LogP contribution in [-0.2, 0) is 23.7 Å². The van der Waals surface area contributed by atoms with Crippen LogP contribution in [0.4, 0.5) is 0 Å². The molecular formula is C19H34O7. The van der Waals surface area contributed by atoms with Crippen molar-refractivity contribution in [3.63, 3.8) is 0 Å². The van der Waals surface area contributed by atoms with E-state index in [0.717, 1.165) is 6.08 Å². The van der Waals surface area contributed by atoms with E-state index in [1.807, 2.05) is 13.8 Å². The van der Waals surface area contributed by atoms with E-state index in [2.05, 4.69) is 13.2 Å². The number of ether oxygens (including phenoxy) is 4. The van der Waals surface area contributed by atoms with Gasteiger partial charge in [-0.15, -0.1) is 6.58 Å². The molecule has 26 heavy (non-hydrogen) atoms. The van der Waals surface area contributed by atoms with Gasteiger partial charge >= 0.3 is 5.97 Å². The number of carbonyl (C=O) groups is 1. The van der Waals surface area contributed by atoms with Crippen molar-refractivity contribution >= 4 is 5.97 Å². The average Bonchev–Trinajstić information content (AvgIpc) is 2.62. The molecule has 7 heteroatoms. The summed E-state index contributed by atoms with van der Waals surface area (Å²) in [6.07, 6.45) is 2.55. The molecule has 0 rings (SSSR count). The number of allylic oxidation sites excluding steroid dienone is 1. The number of hydrogen-bond acceptors (Lipinski definition) is 7. The molecule has 0 spiro atoms. The minimum Gasteiger partial charge on any atom is -0.462 e. The molecule has 7 nitrogen and oxygen atoms in total. The third-order valence-corrected chi connectivity index (χ3v) is 3.29. The molecule has 4 unspecified atom stereocenters. The molecule has 0 aliphatic rings. The summed E-state index contributed by atoms with van der Waals surface area (Å²) in [6, 6.07) is 0. The van der Waals surface area contributed by atoms with Crippen LogP contribution in [0.1, 0.15) is 26.7 Å². The summed E-state index contributed by atoms with van der Waals surface area (Å²) in [4.78, 5) is 10.9. The normalized spacial score (nSPS) is 15.7. The van der Waals surface area contributed by atoms with E-state index >= 15 is 0 Å². The zero-order chi connectivity index (χ0) is 19.8. The van der Waals surface area contributed by atoms with E-state index < -0.39 is 18.4 Å². The van der Waals surface area contributed by atoms with Crippen LogP contribution >= 0.6 is 0 Å². The summed E-state index contributed by atoms with van der Waals surface area (Å²) >= 11 is 0. The molecule has 0 aromatic heterocycles. The Bertz CT molecular complexity index is 386. The molecule has 152 valence electrons. The first-order valence-electron chi connectivity index (χ1n) is 8.92. The Morgan fingerprint density at radius 2 is 1.54 bits per heavy atom. The standard InChI is InChI=1S/C19H34O7/c1-5-7-8-19(22)26-12-16(4)10-24-14-17(20)13-23-9-15(3)11-25-18(21)6-2/h5-6,15-17,19-20,22H,1-2,7-14H2,3-4H3. The summed E-state index contributed by atoms with van der Waals surface area (Å²) in [6.45, 7) is 12.4. The molecule has 0 aromatic rings. The topological polar surface area (TPSA) is 94.5 Å². The van der Waals surface area contributed by atoms with Crippen molar-refractivity contribution in [3.8, 4) is 0 Å². The maximum absolute atomic E-state index is 10.9. The molecule has 0 radical (unpaired) electrons. The molecule has 0 aromatic carbocycles. The third-order valence-electron chi connectivity index (χ3n) is 3.29. The van der Waals surface area contributed by atoms with Crippen LogP contribution in [0.5, 0.6) is 0 Å². The molecule has 0 fully saturated rings. The van der Waals surface area contributed by atoms with E-state index in [1.165, 1.54) is 0 Å². The van der Waals surface area contributed by atoms with E-state index in [-0.39, 0.29) is 31.7 Å². The van der Waals surface area contributed by atoms with Gasteiger partial charge in [0.1, 0.15) is 6.10 Å². The summed E-state index contributed by atoms with van der Waals surface area (Å²) in [5.41, 5.74) is 0. The number of carbonyl (C=O) groups excluding carboxylic acids is 1. The third kappa shape index (κ3) is 15.0. The van der Waals surface area contributed by atoms with Crippen molar-refractivity contribution in [2.45, 2.75) is 39.1 Å². The highest BCUT2D eigenvalue weighted by Crippen LogP contribution is 2.05. The maximum Gasteiger partial charge on any atom is 0.330 e. The van der Waals surface area contributed by atoms with Gasteiger partial charge in [-0.25, -0.2) is 4.79 Å². The van der Waals surface area contributed by atoms with Crippen molar-refractivity contribution in [2.24, 2.45) is 11.8 Å². The highest BCUT2D eigenvalue weighted by Gasteiger charge is 2.11. The fraction of sp³-hybridized carbons (Fsp3) is 0.737. The van der Waals surface area contributed by atoms with Gasteiger partial charge in [-0.05, 0) is 6.42 Å². The molecule has 0 bridgehead atoms. The maximum atomic E-state index is 10.9. The van der Waals surface area contributed by atoms with Crippen LogP contribution in [0.3, 0.4) is 0 Å². The molecule has 2 N–H and O–H groups in total. The van der Waals surface area contributed by atoms with Crippen LogP contribution in [0.2, 0.25) is 0 Å². The zero-order valence-electron chi connectivity index (χ0n) is 16.0. The number of aliphatic hydroxyl groups excluding tert-OH is 2. The Labute approximate surface area is 156 Å². The predicted octanol–water partition coefficient (Wildman–Crippen LogP) is 1.68. The Balaban J connectivity index is 3.63. The zero-order valence-corrected chi connectivity index (χ0v) is 16.0. The number of rotatable bonds is 17. The smallest absolute Gasteiger partial charge is 0.330 e. The molecule has 0 amide bonds. The van der Waals surface area contributed by atoms with Crippen molar-refractivity contribution in [1.29, 1.82) is 0 Å². The minimum atomic E-state index is -0.790. The number of aliphatic hydroxyl groups is 2. The Morgan fingerprint density at radius 1 is 0.962 bits per heavy atom. The molecule has 4 atom stereocenters. The van der Waals surface area contributed by atoms with Gasteiger partial charge in [0, 0.05) is 24.3 Å². The van der Waals surface area contributed by atoms with Crippen LogP contribution in [-0.4, -0.2) is 68.2 Å². The molecule has 0 saturated carbocycles. The molecular weight excluding hydrogens is 340 g/mol. The predicted molar refractivity (Wildman–Crippen MR) is 98.5 cm³/mol. The summed E-state index contributed by atoms with van der Waals surface area (Å²) in [7, 11) is 0. The SMILES string of the molecule is C=CCCC(O)OCC(C)COCC(O)COCC(C)COC(=O)C=C. The van der Waals surface area contributed by atoms with Crippen molar-refractivity contribution in [1.82, 2.24) is 0 Å². The van der Waals surface area contributed by atoms with Gasteiger partial charge in [0.15, 0.2) is 6.29 Å². The monoisotopic (exact) mass is 374 g/mol. The first kappa shape index (κ1) is 24.8. The quantitative estimate of drug-likeness (QED) is 0.173. The van der Waals surface area contributed by atoms with Gasteiger partial charge in [0.25, 0.3) is 0 Å². The van der Waals surface area contributed by atoms with Gasteiger partial charge in [0.05, 0.1) is 39.6 Å². The van der Waals surface area contributed by atoms with Crippen LogP contribution < -0.4 is 0 Å². The summed E-state index contributed by atoms with van der Waals surface area (Å²) in [5, 5.41) is 19.4. The van der Waals surface area contributed by atoms with Gasteiger partial charge in [-0.2, -0.15) is 0 Å². The lowest BCUT2D eigenvalue weighted by Crippen LogP contribution is -2.26. The van der Waals surface area contributed by atoms with Crippen LogP contribution in [0.25, 0.3) is 0 Å². The van der Waals surface area contributed by atoms with E-state index in [1.54, 1.807) is 6.08 Å². The number of hydrogen-bond donors (Lipinski definition) is 2. The summed E-state index contributed by atoms with van der Waals surface area (Å²) in [5.74, 6) is -0.339. The van der Waals surface area contributed by atoms with Gasteiger partial charge in [-0.1, -0.05) is 26.5 Å². The van der Waals surface area contributed by atoms with Gasteiger partial charge in [0.2, 0.25) is 0 Å². The second-order valence-corrected chi connectivity index (χ2v) is 6.43. The highest BCUT2D eigenvalue weighted by molar-refractivity contribution is 5.81. The van der Waals surface area contributed by atoms with Crippen molar-refractivity contribution < 1.29 is 34.0 Å². The second kappa shape index (κ2) is 16.0. The van der Waals surface area contributed by atoms with Crippen LogP contribution in [0.15, 0.2) is 25.3 Å². The Hall–Kier alpha value is -1.25. The summed E-state index contributed by atoms with van der Waals surface area (Å²) < 4.78 is 21.0. The van der Waals surface area contributed by atoms with Crippen molar-refractivity contribution in [2.75, 3.05) is 39.6 Å². The fourth-order valence-corrected chi connectivity index (χ4v) is 1.86. The average molecular weight is 374 g/mol. The molecule has 0 aliphatic carbocycles. The van der Waals surface area contributed by atoms with Gasteiger partial charge in [-0.3, -0.25) is 0 Å². The lowest BCUT2D eigenvalue weighted by molar-refractivity contribution is -0.139. The van der Waals surface area contributed by atoms with E-state index in [4.69, 9.17) is 18.9 Å². The number of esters is 1. The Kier molecular flexibility index (Phi) is 15.2. The van der Waals surface area contributed by atoms with E-state index in [9.17, 15) is 15.0 Å². The molecule has 0 aliphatic heterocycles. The fourth-order valence-electron chi connectivity index (χ4n) is 1.86. The minimum absolute atomic E-state index is 0.0247. The lowest BCUT2D eigenvalue weighted by Gasteiger charge is -2.18. The highest BCUT2D eigenvalue weighted by atomic mass is 16.6. The van der Waals surface area contributed by atoms with Crippen molar-refractivity contribution in [3.05, 3.63) is 25.3 Å². The lowest BCUT2D eigenvalue weighted by atomic mass is 10.2. The first-order chi connectivity index (χ1) is 12.4. The molecule has 0 heterocycles. The second-order valence-electron chi connectivity index (χ2n) is 6.43. The largest absolute Gasteiger partial charge is 0.462 e. The first-order valence-corrected chi connectivity index (χ1v) is 8.92. The van der Waals surface area contributed by atoms with E-state index in [0.29, 0.717) is 32.7 Å². The van der Waals surface area contributed by atoms with Crippen LogP contribution in [0, 0.1) is 11.8 Å².